The predicted octanol–water partition coefficient (Wildman–Crippen LogP) is 1.82. The van der Waals surface area contributed by atoms with Crippen molar-refractivity contribution in [1.82, 2.24) is 9.80 Å². The number of carbonyl (C=O) groups excluding carboxylic acids is 2. The molecule has 0 N–H and O–H groups in total. The smallest absolute Gasteiger partial charge is 0.323 e. The van der Waals surface area contributed by atoms with Crippen LogP contribution in [0.15, 0.2) is 4.52 Å². The van der Waals surface area contributed by atoms with Crippen LogP contribution < -0.4 is 0 Å². The van der Waals surface area contributed by atoms with Crippen LogP contribution in [0, 0.1) is 0 Å². The largest absolute Gasteiger partial charge is 0.327 e. The Kier molecular flexibility index (Phi) is 3.61. The lowest BCUT2D eigenvalue weighted by Crippen LogP contribution is -2.33. The minimum atomic E-state index is -0.524. The van der Waals surface area contributed by atoms with Gasteiger partial charge in [0.15, 0.2) is 0 Å². The molecule has 0 aliphatic carbocycles. The molecule has 14 heavy (non-hydrogen) atoms. The molecule has 7 nitrogen and oxygen atoms in total. The van der Waals surface area contributed by atoms with E-state index in [4.69, 9.17) is 5.53 Å². The molecule has 0 saturated carbocycles. The first-order valence-electron chi connectivity index (χ1n) is 4.02. The Morgan fingerprint density at radius 3 is 2.93 bits per heavy atom. The van der Waals surface area contributed by atoms with E-state index in [0.717, 1.165) is 4.90 Å². The number of amides is 3. The van der Waals surface area contributed by atoms with Gasteiger partial charge in [-0.15, -0.1) is 0 Å². The molecular weight excluding hydrogens is 206 g/mol. The van der Waals surface area contributed by atoms with E-state index >= 15 is 0 Å². The van der Waals surface area contributed by atoms with Crippen molar-refractivity contribution in [2.75, 3.05) is 19.6 Å². The van der Waals surface area contributed by atoms with Gasteiger partial charge in [-0.05, 0) is 17.0 Å². The summed E-state index contributed by atoms with van der Waals surface area (Å²) in [5.41, 5.74) is 7.99. The summed E-state index contributed by atoms with van der Waals surface area (Å²) in [7, 11) is 0. The Bertz CT molecular complexity index is 301. The fourth-order valence-corrected chi connectivity index (χ4v) is 1.52. The third kappa shape index (κ3) is 2.09. The number of carbonyl (C=O) groups is 2. The number of hydrogen-bond acceptors (Lipinski definition) is 4. The van der Waals surface area contributed by atoms with E-state index in [0.29, 0.717) is 31.6 Å². The Labute approximate surface area is 84.8 Å². The molecule has 3 amide bonds. The topological polar surface area (TPSA) is 89.4 Å². The molecule has 8 heteroatoms. The van der Waals surface area contributed by atoms with E-state index in [9.17, 15) is 9.59 Å². The van der Waals surface area contributed by atoms with Crippen LogP contribution in [0.3, 0.4) is 0 Å². The average molecular weight is 215 g/mol. The van der Waals surface area contributed by atoms with Crippen molar-refractivity contribution in [3.63, 3.8) is 0 Å². The van der Waals surface area contributed by atoms with Crippen LogP contribution in [0.25, 0.3) is 10.4 Å². The molecule has 76 valence electrons. The quantitative estimate of drug-likeness (QED) is 0.304. The molecule has 1 heterocycles. The van der Waals surface area contributed by atoms with Crippen molar-refractivity contribution >= 4 is 23.2 Å². The summed E-state index contributed by atoms with van der Waals surface area (Å²) in [6, 6.07) is -0.321. The molecule has 1 saturated heterocycles. The van der Waals surface area contributed by atoms with Gasteiger partial charge in [-0.1, -0.05) is 0 Å². The van der Waals surface area contributed by atoms with Gasteiger partial charge in [0.05, 0.1) is 0 Å². The highest BCUT2D eigenvalue weighted by atomic mass is 32.2. The molecule has 0 aromatic carbocycles. The molecule has 0 unspecified atom stereocenters. The number of azide groups is 1. The minimum absolute atomic E-state index is 0.321. The van der Waals surface area contributed by atoms with Gasteiger partial charge in [0, 0.05) is 36.5 Å². The zero-order valence-corrected chi connectivity index (χ0v) is 8.40. The fraction of sp³-hybridized carbons (Fsp3) is 0.667. The van der Waals surface area contributed by atoms with Crippen LogP contribution in [-0.4, -0.2) is 40.7 Å². The van der Waals surface area contributed by atoms with Crippen LogP contribution in [-0.2, 0) is 0 Å². The second-order valence-electron chi connectivity index (χ2n) is 2.54. The van der Waals surface area contributed by atoms with E-state index in [1.807, 2.05) is 6.92 Å². The summed E-state index contributed by atoms with van der Waals surface area (Å²) < 4.78 is 3.04. The van der Waals surface area contributed by atoms with Crippen LogP contribution in [0.1, 0.15) is 6.92 Å². The maximum atomic E-state index is 11.4. The highest BCUT2D eigenvalue weighted by Crippen LogP contribution is 2.16. The molecule has 0 bridgehead atoms. The molecule has 0 radical (unpaired) electrons. The lowest BCUT2D eigenvalue weighted by Gasteiger charge is -2.13. The molecule has 1 aliphatic heterocycles. The summed E-state index contributed by atoms with van der Waals surface area (Å²) in [6.45, 7) is 3.32. The first-order valence-corrected chi connectivity index (χ1v) is 4.79. The van der Waals surface area contributed by atoms with E-state index in [1.54, 1.807) is 4.90 Å². The third-order valence-corrected chi connectivity index (χ3v) is 2.38. The van der Waals surface area contributed by atoms with Gasteiger partial charge in [-0.3, -0.25) is 9.69 Å². The molecule has 1 rings (SSSR count). The van der Waals surface area contributed by atoms with Gasteiger partial charge in [0.25, 0.3) is 5.24 Å². The van der Waals surface area contributed by atoms with Crippen molar-refractivity contribution in [2.45, 2.75) is 6.92 Å². The first kappa shape index (κ1) is 10.7. The molecule has 0 atom stereocenters. The second-order valence-corrected chi connectivity index (χ2v) is 3.24. The molecular formula is C6H9N5O2S. The van der Waals surface area contributed by atoms with Crippen LogP contribution in [0.2, 0.25) is 0 Å². The lowest BCUT2D eigenvalue weighted by atomic mass is 10.6. The number of likely N-dealkylation sites (N-methyl/N-ethyl adjacent to an activating group) is 1. The summed E-state index contributed by atoms with van der Waals surface area (Å²) in [5.74, 6) is 0. The molecule has 1 fully saturated rings. The van der Waals surface area contributed by atoms with Crippen LogP contribution in [0.4, 0.5) is 9.59 Å². The highest BCUT2D eigenvalue weighted by molar-refractivity contribution is 8.12. The van der Waals surface area contributed by atoms with Gasteiger partial charge in [-0.25, -0.2) is 4.79 Å². The Morgan fingerprint density at radius 2 is 2.43 bits per heavy atom. The van der Waals surface area contributed by atoms with E-state index in [2.05, 4.69) is 9.43 Å². The van der Waals surface area contributed by atoms with Gasteiger partial charge < -0.3 is 4.90 Å². The SMILES string of the molecule is CCN1CCN(C(=O)SN=[N+]=[N-])C1=O. The monoisotopic (exact) mass is 215 g/mol. The Morgan fingerprint density at radius 1 is 1.71 bits per heavy atom. The van der Waals surface area contributed by atoms with E-state index in [1.165, 1.54) is 0 Å². The Balaban J connectivity index is 2.58. The average Bonchev–Trinajstić information content (AvgIpc) is 2.56. The van der Waals surface area contributed by atoms with Gasteiger partial charge in [0.1, 0.15) is 0 Å². The molecule has 1 aliphatic rings. The van der Waals surface area contributed by atoms with Gasteiger partial charge >= 0.3 is 6.03 Å². The standard InChI is InChI=1S/C6H9N5O2S/c1-2-10-3-4-11(5(10)12)6(13)14-9-8-7/h2-4H2,1H3. The van der Waals surface area contributed by atoms with Crippen molar-refractivity contribution < 1.29 is 9.59 Å². The van der Waals surface area contributed by atoms with Crippen molar-refractivity contribution in [3.05, 3.63) is 10.4 Å². The summed E-state index contributed by atoms with van der Waals surface area (Å²) in [4.78, 5) is 27.7. The number of hydrogen-bond donors (Lipinski definition) is 0. The fourth-order valence-electron chi connectivity index (χ4n) is 1.15. The molecule has 0 aromatic heterocycles. The zero-order valence-electron chi connectivity index (χ0n) is 7.58. The first-order chi connectivity index (χ1) is 6.70. The Hall–Kier alpha value is -1.40. The number of urea groups is 1. The third-order valence-electron chi connectivity index (χ3n) is 1.85. The van der Waals surface area contributed by atoms with Crippen molar-refractivity contribution in [1.29, 1.82) is 0 Å². The number of rotatable bonds is 2. The number of nitrogens with zero attached hydrogens (tertiary/aromatic N) is 5. The number of imide groups is 1. The molecule has 0 aromatic rings. The van der Waals surface area contributed by atoms with E-state index < -0.39 is 5.24 Å². The predicted molar refractivity (Wildman–Crippen MR) is 51.5 cm³/mol. The van der Waals surface area contributed by atoms with Crippen LogP contribution >= 0.6 is 11.9 Å². The van der Waals surface area contributed by atoms with Crippen LogP contribution in [0.5, 0.6) is 0 Å². The highest BCUT2D eigenvalue weighted by Gasteiger charge is 2.31. The normalized spacial score (nSPS) is 15.6. The zero-order chi connectivity index (χ0) is 10.6. The van der Waals surface area contributed by atoms with Gasteiger partial charge in [-0.2, -0.15) is 0 Å². The lowest BCUT2D eigenvalue weighted by molar-refractivity contribution is 0.195. The molecule has 0 spiro atoms. The maximum absolute atomic E-state index is 11.4. The van der Waals surface area contributed by atoms with E-state index in [-0.39, 0.29) is 6.03 Å². The minimum Gasteiger partial charge on any atom is -0.323 e. The van der Waals surface area contributed by atoms with Gasteiger partial charge in [0.2, 0.25) is 0 Å². The second kappa shape index (κ2) is 4.73. The maximum Gasteiger partial charge on any atom is 0.327 e. The van der Waals surface area contributed by atoms with Crippen molar-refractivity contribution in [2.24, 2.45) is 4.52 Å². The van der Waals surface area contributed by atoms with Crippen molar-refractivity contribution in [3.8, 4) is 0 Å². The summed E-state index contributed by atoms with van der Waals surface area (Å²) >= 11 is 0.438. The summed E-state index contributed by atoms with van der Waals surface area (Å²) in [5, 5.41) is -0.524. The summed E-state index contributed by atoms with van der Waals surface area (Å²) in [6.07, 6.45) is 0.